The fourth-order valence-electron chi connectivity index (χ4n) is 4.30. The van der Waals surface area contributed by atoms with E-state index in [-0.39, 0.29) is 30.1 Å². The van der Waals surface area contributed by atoms with Gasteiger partial charge >= 0.3 is 5.69 Å². The largest absolute Gasteiger partial charge is 0.454 e. The Hall–Kier alpha value is -4.86. The molecule has 0 saturated carbocycles. The molecule has 5 aromatic rings. The number of nitrogens with zero attached hydrogens (tertiary/aromatic N) is 2. The molecule has 3 heterocycles. The van der Waals surface area contributed by atoms with Crippen molar-refractivity contribution < 1.29 is 23.1 Å². The van der Waals surface area contributed by atoms with E-state index in [1.807, 2.05) is 0 Å². The fraction of sp³-hybridized carbons (Fsp3) is 0.115. The molecule has 0 radical (unpaired) electrons. The van der Waals surface area contributed by atoms with Crippen molar-refractivity contribution in [2.24, 2.45) is 0 Å². The first-order valence-corrected chi connectivity index (χ1v) is 11.1. The van der Waals surface area contributed by atoms with Gasteiger partial charge in [-0.05, 0) is 42.0 Å². The second kappa shape index (κ2) is 8.42. The lowest BCUT2D eigenvalue weighted by Crippen LogP contribution is -2.41. The van der Waals surface area contributed by atoms with Crippen molar-refractivity contribution in [1.82, 2.24) is 9.13 Å². The minimum absolute atomic E-state index is 0.0162. The van der Waals surface area contributed by atoms with Crippen LogP contribution in [-0.4, -0.2) is 21.8 Å². The second-order valence-corrected chi connectivity index (χ2v) is 8.25. The van der Waals surface area contributed by atoms with E-state index in [0.717, 1.165) is 4.57 Å². The molecule has 3 aromatic carbocycles. The number of para-hydroxylation sites is 2. The van der Waals surface area contributed by atoms with Crippen molar-refractivity contribution in [3.63, 3.8) is 0 Å². The number of anilines is 1. The smallest absolute Gasteiger partial charge is 0.332 e. The van der Waals surface area contributed by atoms with Crippen molar-refractivity contribution in [3.8, 4) is 11.5 Å². The number of rotatable bonds is 5. The van der Waals surface area contributed by atoms with Crippen LogP contribution in [-0.2, 0) is 17.9 Å². The quantitative estimate of drug-likeness (QED) is 0.407. The van der Waals surface area contributed by atoms with Crippen LogP contribution >= 0.6 is 0 Å². The molecule has 1 aliphatic rings. The highest BCUT2D eigenvalue weighted by Gasteiger charge is 2.22. The third-order valence-electron chi connectivity index (χ3n) is 5.97. The summed E-state index contributed by atoms with van der Waals surface area (Å²) in [7, 11) is 0. The Morgan fingerprint density at radius 3 is 2.58 bits per heavy atom. The van der Waals surface area contributed by atoms with Crippen molar-refractivity contribution in [3.05, 3.63) is 98.9 Å². The Labute approximate surface area is 201 Å². The molecular weight excluding hydrogens is 469 g/mol. The van der Waals surface area contributed by atoms with E-state index >= 15 is 0 Å². The summed E-state index contributed by atoms with van der Waals surface area (Å²) in [5.74, 6) is -0.164. The topological polar surface area (TPSA) is 105 Å². The number of benzene rings is 3. The summed E-state index contributed by atoms with van der Waals surface area (Å²) in [4.78, 5) is 39.9. The molecule has 0 saturated heterocycles. The summed E-state index contributed by atoms with van der Waals surface area (Å²) in [6, 6.07) is 17.7. The Morgan fingerprint density at radius 1 is 0.944 bits per heavy atom. The number of nitrogens with one attached hydrogen (secondary N) is 1. The van der Waals surface area contributed by atoms with Crippen LogP contribution < -0.4 is 26.0 Å². The minimum Gasteiger partial charge on any atom is -0.454 e. The van der Waals surface area contributed by atoms with Crippen LogP contribution in [0.15, 0.2) is 80.7 Å². The average molecular weight is 487 g/mol. The molecule has 0 bridgehead atoms. The summed E-state index contributed by atoms with van der Waals surface area (Å²) in [6.07, 6.45) is 0. The van der Waals surface area contributed by atoms with Crippen LogP contribution in [0, 0.1) is 5.82 Å². The highest BCUT2D eigenvalue weighted by molar-refractivity contribution is 6.03. The Bertz CT molecular complexity index is 1780. The molecule has 180 valence electrons. The molecule has 36 heavy (non-hydrogen) atoms. The van der Waals surface area contributed by atoms with E-state index in [4.69, 9.17) is 13.9 Å². The molecule has 6 rings (SSSR count). The van der Waals surface area contributed by atoms with Crippen molar-refractivity contribution >= 4 is 33.7 Å². The number of halogens is 1. The predicted octanol–water partition coefficient (Wildman–Crippen LogP) is 3.46. The number of carbonyl (C=O) groups excluding carboxylic acids is 1. The first kappa shape index (κ1) is 21.7. The van der Waals surface area contributed by atoms with E-state index in [0.29, 0.717) is 28.0 Å². The van der Waals surface area contributed by atoms with Gasteiger partial charge in [0.2, 0.25) is 18.3 Å². The van der Waals surface area contributed by atoms with Crippen LogP contribution in [0.5, 0.6) is 11.5 Å². The lowest BCUT2D eigenvalue weighted by Gasteiger charge is -2.13. The maximum atomic E-state index is 14.1. The lowest BCUT2D eigenvalue weighted by atomic mass is 10.2. The number of amides is 1. The monoisotopic (exact) mass is 487 g/mol. The third kappa shape index (κ3) is 3.59. The molecular formula is C26H18FN3O6. The molecule has 2 aromatic heterocycles. The molecule has 1 aliphatic heterocycles. The fourth-order valence-corrected chi connectivity index (χ4v) is 4.30. The standard InChI is InChI=1S/C26H18FN3O6/c27-17-6-2-3-7-18(17)28-22(31)13-29-23-16-5-1-4-8-19(16)36-24(23)25(32)30(26(29)33)12-15-9-10-20-21(11-15)35-14-34-20/h1-11H,12-14H2,(H,28,31). The first-order valence-electron chi connectivity index (χ1n) is 11.1. The minimum atomic E-state index is -0.708. The third-order valence-corrected chi connectivity index (χ3v) is 5.97. The zero-order valence-electron chi connectivity index (χ0n) is 18.7. The van der Waals surface area contributed by atoms with Crippen molar-refractivity contribution in [2.45, 2.75) is 13.1 Å². The molecule has 0 spiro atoms. The van der Waals surface area contributed by atoms with Gasteiger partial charge in [-0.15, -0.1) is 0 Å². The molecule has 0 unspecified atom stereocenters. The number of carbonyl (C=O) groups is 1. The summed E-state index contributed by atoms with van der Waals surface area (Å²) in [6.45, 7) is -0.460. The predicted molar refractivity (Wildman–Crippen MR) is 129 cm³/mol. The Morgan fingerprint density at radius 2 is 1.72 bits per heavy atom. The van der Waals surface area contributed by atoms with Gasteiger partial charge < -0.3 is 19.2 Å². The van der Waals surface area contributed by atoms with Gasteiger partial charge in [-0.1, -0.05) is 30.3 Å². The van der Waals surface area contributed by atoms with Crippen LogP contribution in [0.3, 0.4) is 0 Å². The van der Waals surface area contributed by atoms with Gasteiger partial charge in [0.1, 0.15) is 23.5 Å². The number of furan rings is 1. The molecule has 9 nitrogen and oxygen atoms in total. The van der Waals surface area contributed by atoms with E-state index in [1.165, 1.54) is 22.8 Å². The Balaban J connectivity index is 1.48. The summed E-state index contributed by atoms with van der Waals surface area (Å²) in [5.41, 5.74) is -0.196. The van der Waals surface area contributed by atoms with Crippen LogP contribution in [0.1, 0.15) is 5.56 Å². The maximum absolute atomic E-state index is 14.1. The van der Waals surface area contributed by atoms with Gasteiger partial charge in [-0.3, -0.25) is 18.7 Å². The van der Waals surface area contributed by atoms with Crippen molar-refractivity contribution in [2.75, 3.05) is 12.1 Å². The van der Waals surface area contributed by atoms with Crippen LogP contribution in [0.4, 0.5) is 10.1 Å². The number of hydrogen-bond acceptors (Lipinski definition) is 6. The molecule has 0 aliphatic carbocycles. The zero-order valence-corrected chi connectivity index (χ0v) is 18.7. The average Bonchev–Trinajstić information content (AvgIpc) is 3.50. The SMILES string of the molecule is O=C(Cn1c(=O)n(Cc2ccc3c(c2)OCO3)c(=O)c2oc3ccccc3c21)Nc1ccccc1F. The molecule has 0 atom stereocenters. The Kier molecular flexibility index (Phi) is 5.06. The van der Waals surface area contributed by atoms with Gasteiger partial charge in [0.15, 0.2) is 11.5 Å². The highest BCUT2D eigenvalue weighted by Crippen LogP contribution is 2.32. The normalized spacial score (nSPS) is 12.4. The number of fused-ring (bicyclic) bond motifs is 4. The van der Waals surface area contributed by atoms with Gasteiger partial charge in [-0.2, -0.15) is 0 Å². The lowest BCUT2D eigenvalue weighted by molar-refractivity contribution is -0.116. The maximum Gasteiger partial charge on any atom is 0.332 e. The molecule has 0 fully saturated rings. The number of aromatic nitrogens is 2. The zero-order chi connectivity index (χ0) is 24.8. The van der Waals surface area contributed by atoms with Gasteiger partial charge in [0.05, 0.1) is 12.2 Å². The first-order chi connectivity index (χ1) is 17.5. The van der Waals surface area contributed by atoms with E-state index in [9.17, 15) is 18.8 Å². The number of hydrogen-bond donors (Lipinski definition) is 1. The number of ether oxygens (including phenoxy) is 2. The summed E-state index contributed by atoms with van der Waals surface area (Å²) in [5, 5.41) is 2.99. The highest BCUT2D eigenvalue weighted by atomic mass is 19.1. The van der Waals surface area contributed by atoms with Gasteiger partial charge in [0, 0.05) is 5.39 Å². The van der Waals surface area contributed by atoms with Gasteiger partial charge in [0.25, 0.3) is 5.56 Å². The van der Waals surface area contributed by atoms with Crippen molar-refractivity contribution in [1.29, 1.82) is 0 Å². The van der Waals surface area contributed by atoms with Gasteiger partial charge in [-0.25, -0.2) is 9.18 Å². The summed E-state index contributed by atoms with van der Waals surface area (Å²) < 4.78 is 32.8. The summed E-state index contributed by atoms with van der Waals surface area (Å²) >= 11 is 0. The van der Waals surface area contributed by atoms with E-state index < -0.39 is 29.5 Å². The molecule has 1 amide bonds. The molecule has 10 heteroatoms. The van der Waals surface area contributed by atoms with Crippen LogP contribution in [0.25, 0.3) is 22.1 Å². The van der Waals surface area contributed by atoms with E-state index in [1.54, 1.807) is 48.5 Å². The van der Waals surface area contributed by atoms with Crippen LogP contribution in [0.2, 0.25) is 0 Å². The molecule has 1 N–H and O–H groups in total. The second-order valence-electron chi connectivity index (χ2n) is 8.25. The van der Waals surface area contributed by atoms with E-state index in [2.05, 4.69) is 5.32 Å².